The Morgan fingerprint density at radius 1 is 1.29 bits per heavy atom. The van der Waals surface area contributed by atoms with Crippen LogP contribution >= 0.6 is 0 Å². The molecule has 8 heteroatoms. The first-order valence-electron chi connectivity index (χ1n) is 9.25. The predicted molar refractivity (Wildman–Crippen MR) is 103 cm³/mol. The smallest absolute Gasteiger partial charge is 0.259 e. The van der Waals surface area contributed by atoms with Gasteiger partial charge in [0, 0.05) is 31.8 Å². The Hall–Kier alpha value is -3.16. The molecule has 1 amide bonds. The van der Waals surface area contributed by atoms with Crippen LogP contribution < -0.4 is 10.1 Å². The number of halogens is 1. The third-order valence-electron chi connectivity index (χ3n) is 4.95. The first kappa shape index (κ1) is 18.2. The minimum atomic E-state index is -0.323. The number of benzene rings is 1. The summed E-state index contributed by atoms with van der Waals surface area (Å²) >= 11 is 0. The Bertz CT molecular complexity index is 1030. The number of anilines is 1. The molecule has 146 valence electrons. The van der Waals surface area contributed by atoms with Crippen LogP contribution in [0, 0.1) is 5.82 Å². The Morgan fingerprint density at radius 3 is 2.93 bits per heavy atom. The molecule has 1 aliphatic rings. The molecule has 1 aromatic carbocycles. The lowest BCUT2D eigenvalue weighted by molar-refractivity contribution is 0.0776. The molecule has 2 aromatic heterocycles. The van der Waals surface area contributed by atoms with Crippen LogP contribution in [0.15, 0.2) is 36.7 Å². The van der Waals surface area contributed by atoms with Gasteiger partial charge in [-0.2, -0.15) is 5.10 Å². The lowest BCUT2D eigenvalue weighted by Crippen LogP contribution is -2.31. The average Bonchev–Trinajstić information content (AvgIpc) is 3.09. The minimum absolute atomic E-state index is 0.139. The van der Waals surface area contributed by atoms with Crippen LogP contribution in [0.3, 0.4) is 0 Å². The number of rotatable bonds is 0. The van der Waals surface area contributed by atoms with Gasteiger partial charge in [0.2, 0.25) is 0 Å². The number of ether oxygens (including phenoxy) is 1. The molecule has 0 saturated carbocycles. The van der Waals surface area contributed by atoms with E-state index in [1.165, 1.54) is 18.3 Å². The molecule has 2 atom stereocenters. The van der Waals surface area contributed by atoms with Gasteiger partial charge in [-0.05, 0) is 38.1 Å². The van der Waals surface area contributed by atoms with Crippen molar-refractivity contribution < 1.29 is 13.9 Å². The lowest BCUT2D eigenvalue weighted by atomic mass is 10.1. The molecular weight excluding hydrogens is 361 g/mol. The highest BCUT2D eigenvalue weighted by atomic mass is 19.1. The number of hydrogen-bond acceptors (Lipinski definition) is 5. The van der Waals surface area contributed by atoms with Crippen molar-refractivity contribution >= 4 is 17.4 Å². The van der Waals surface area contributed by atoms with Crippen molar-refractivity contribution in [2.45, 2.75) is 32.4 Å². The van der Waals surface area contributed by atoms with Gasteiger partial charge in [-0.25, -0.2) is 13.9 Å². The van der Waals surface area contributed by atoms with Crippen molar-refractivity contribution in [2.24, 2.45) is 0 Å². The van der Waals surface area contributed by atoms with Crippen molar-refractivity contribution in [3.05, 3.63) is 53.6 Å². The van der Waals surface area contributed by atoms with E-state index >= 15 is 0 Å². The molecule has 2 bridgehead atoms. The third kappa shape index (κ3) is 3.37. The maximum absolute atomic E-state index is 13.9. The second-order valence-electron chi connectivity index (χ2n) is 7.13. The first-order valence-corrected chi connectivity index (χ1v) is 9.25. The highest BCUT2D eigenvalue weighted by Gasteiger charge is 2.21. The van der Waals surface area contributed by atoms with E-state index in [1.54, 1.807) is 34.8 Å². The molecule has 1 aliphatic heterocycles. The number of amides is 1. The van der Waals surface area contributed by atoms with Gasteiger partial charge >= 0.3 is 0 Å². The van der Waals surface area contributed by atoms with E-state index in [9.17, 15) is 9.18 Å². The number of hydrogen-bond donors (Lipinski definition) is 1. The van der Waals surface area contributed by atoms with Crippen molar-refractivity contribution in [1.82, 2.24) is 19.5 Å². The largest absolute Gasteiger partial charge is 0.490 e. The van der Waals surface area contributed by atoms with E-state index in [-0.39, 0.29) is 23.9 Å². The summed E-state index contributed by atoms with van der Waals surface area (Å²) < 4.78 is 21.5. The summed E-state index contributed by atoms with van der Waals surface area (Å²) in [6, 6.07) is 6.03. The van der Waals surface area contributed by atoms with E-state index in [2.05, 4.69) is 15.4 Å². The van der Waals surface area contributed by atoms with Crippen LogP contribution in [0.4, 0.5) is 10.2 Å². The van der Waals surface area contributed by atoms with Crippen LogP contribution in [0.1, 0.15) is 42.2 Å². The third-order valence-corrected chi connectivity index (χ3v) is 4.95. The van der Waals surface area contributed by atoms with Gasteiger partial charge in [-0.1, -0.05) is 0 Å². The van der Waals surface area contributed by atoms with Crippen molar-refractivity contribution in [1.29, 1.82) is 0 Å². The predicted octanol–water partition coefficient (Wildman–Crippen LogP) is 3.28. The van der Waals surface area contributed by atoms with E-state index in [0.29, 0.717) is 41.3 Å². The number of carbonyl (C=O) groups is 1. The van der Waals surface area contributed by atoms with Crippen LogP contribution in [-0.4, -0.2) is 45.1 Å². The van der Waals surface area contributed by atoms with Gasteiger partial charge in [0.1, 0.15) is 22.9 Å². The van der Waals surface area contributed by atoms with Gasteiger partial charge in [0.25, 0.3) is 5.91 Å². The Kier molecular flexibility index (Phi) is 4.62. The molecule has 3 heterocycles. The zero-order valence-electron chi connectivity index (χ0n) is 16.0. The minimum Gasteiger partial charge on any atom is -0.490 e. The highest BCUT2D eigenvalue weighted by molar-refractivity contribution is 5.99. The summed E-state index contributed by atoms with van der Waals surface area (Å²) in [5, 5.41) is 7.49. The molecule has 7 nitrogen and oxygen atoms in total. The van der Waals surface area contributed by atoms with E-state index in [1.807, 2.05) is 13.8 Å². The fraction of sp³-hybridized carbons (Fsp3) is 0.350. The van der Waals surface area contributed by atoms with Gasteiger partial charge in [0.05, 0.1) is 18.3 Å². The van der Waals surface area contributed by atoms with Crippen molar-refractivity contribution in [3.8, 4) is 5.75 Å². The summed E-state index contributed by atoms with van der Waals surface area (Å²) in [7, 11) is 1.75. The van der Waals surface area contributed by atoms with Crippen LogP contribution in [0.25, 0.3) is 5.65 Å². The summed E-state index contributed by atoms with van der Waals surface area (Å²) in [6.07, 6.45) is 3.77. The lowest BCUT2D eigenvalue weighted by Gasteiger charge is -2.24. The fourth-order valence-electron chi connectivity index (χ4n) is 3.32. The number of nitrogens with one attached hydrogen (secondary N) is 1. The number of nitrogens with zero attached hydrogens (tertiary/aromatic N) is 4. The van der Waals surface area contributed by atoms with Crippen molar-refractivity contribution in [3.63, 3.8) is 0 Å². The molecule has 0 aliphatic carbocycles. The van der Waals surface area contributed by atoms with Crippen LogP contribution in [-0.2, 0) is 0 Å². The number of fused-ring (bicyclic) bond motifs is 2. The van der Waals surface area contributed by atoms with E-state index in [0.717, 1.165) is 0 Å². The molecule has 3 aromatic rings. The zero-order chi connectivity index (χ0) is 19.8. The molecule has 28 heavy (non-hydrogen) atoms. The normalized spacial score (nSPS) is 20.4. The Morgan fingerprint density at radius 2 is 2.11 bits per heavy atom. The topological polar surface area (TPSA) is 71.8 Å². The summed E-state index contributed by atoms with van der Waals surface area (Å²) in [6.45, 7) is 4.37. The molecule has 0 radical (unpaired) electrons. The second kappa shape index (κ2) is 7.10. The van der Waals surface area contributed by atoms with E-state index < -0.39 is 0 Å². The van der Waals surface area contributed by atoms with Crippen LogP contribution in [0.2, 0.25) is 0 Å². The van der Waals surface area contributed by atoms with Crippen molar-refractivity contribution in [2.75, 3.05) is 18.9 Å². The number of carbonyl (C=O) groups excluding carboxylic acids is 1. The molecular formula is C20H22FN5O2. The maximum atomic E-state index is 13.9. The monoisotopic (exact) mass is 383 g/mol. The molecule has 0 fully saturated rings. The standard InChI is InChI=1S/C20H22FN5O2/c1-12-6-8-25(3)20(27)16-11-22-26-9-7-18(24-19(16)26)23-13(2)15-10-14(21)4-5-17(15)28-12/h4-5,7,9-13H,6,8H2,1-3H3,(H,23,24)/t12-,13+/m0/s1. The van der Waals surface area contributed by atoms with E-state index in [4.69, 9.17) is 4.74 Å². The quantitative estimate of drug-likeness (QED) is 0.645. The summed E-state index contributed by atoms with van der Waals surface area (Å²) in [5.74, 6) is 0.722. The van der Waals surface area contributed by atoms with Gasteiger partial charge in [-0.15, -0.1) is 0 Å². The molecule has 0 saturated heterocycles. The highest BCUT2D eigenvalue weighted by Crippen LogP contribution is 2.30. The Labute approximate surface area is 162 Å². The molecule has 0 spiro atoms. The summed E-state index contributed by atoms with van der Waals surface area (Å²) in [4.78, 5) is 19.0. The average molecular weight is 383 g/mol. The molecule has 0 unspecified atom stereocenters. The first-order chi connectivity index (χ1) is 13.4. The second-order valence-corrected chi connectivity index (χ2v) is 7.13. The molecule has 4 rings (SSSR count). The number of aromatic nitrogens is 3. The van der Waals surface area contributed by atoms with Gasteiger partial charge < -0.3 is 15.0 Å². The Balaban J connectivity index is 1.81. The fourth-order valence-corrected chi connectivity index (χ4v) is 3.32. The van der Waals surface area contributed by atoms with Crippen LogP contribution in [0.5, 0.6) is 5.75 Å². The SMILES string of the molecule is C[C@H]1CCN(C)C(=O)c2cnn3ccc(nc23)N[C@H](C)c2cc(F)ccc2O1. The summed E-state index contributed by atoms with van der Waals surface area (Å²) in [5.41, 5.74) is 1.63. The van der Waals surface area contributed by atoms with Gasteiger partial charge in [-0.3, -0.25) is 4.79 Å². The van der Waals surface area contributed by atoms with Gasteiger partial charge in [0.15, 0.2) is 5.65 Å². The maximum Gasteiger partial charge on any atom is 0.259 e. The zero-order valence-corrected chi connectivity index (χ0v) is 16.0. The molecule has 1 N–H and O–H groups in total.